The Balaban J connectivity index is 1.67. The van der Waals surface area contributed by atoms with Crippen LogP contribution in [0.5, 0.6) is 0 Å². The van der Waals surface area contributed by atoms with E-state index in [1.165, 1.54) is 5.56 Å². The number of carbonyl (C=O) groups is 1. The molecule has 0 aliphatic heterocycles. The first-order valence-electron chi connectivity index (χ1n) is 4.97. The molecule has 2 heteroatoms. The van der Waals surface area contributed by atoms with E-state index in [1.807, 2.05) is 30.3 Å². The summed E-state index contributed by atoms with van der Waals surface area (Å²) in [6.45, 7) is 1.38. The Bertz CT molecular complexity index is 294. The molecule has 2 atom stereocenters. The fourth-order valence-electron chi connectivity index (χ4n) is 1.53. The Morgan fingerprint density at radius 2 is 2.14 bits per heavy atom. The van der Waals surface area contributed by atoms with Crippen molar-refractivity contribution in [2.75, 3.05) is 6.61 Å². The van der Waals surface area contributed by atoms with E-state index in [2.05, 4.69) is 0 Å². The smallest absolute Gasteiger partial charge is 0.123 e. The van der Waals surface area contributed by atoms with Gasteiger partial charge in [0.1, 0.15) is 6.29 Å². The van der Waals surface area contributed by atoms with E-state index in [1.54, 1.807) is 0 Å². The van der Waals surface area contributed by atoms with Gasteiger partial charge in [0.2, 0.25) is 0 Å². The minimum atomic E-state index is 0.269. The van der Waals surface area contributed by atoms with Crippen molar-refractivity contribution in [2.45, 2.75) is 13.0 Å². The van der Waals surface area contributed by atoms with E-state index >= 15 is 0 Å². The fraction of sp³-hybridized carbons (Fsp3) is 0.417. The third kappa shape index (κ3) is 2.42. The van der Waals surface area contributed by atoms with Gasteiger partial charge in [-0.2, -0.15) is 0 Å². The maximum atomic E-state index is 10.4. The lowest BCUT2D eigenvalue weighted by molar-refractivity contribution is -0.109. The Labute approximate surface area is 83.9 Å². The Hall–Kier alpha value is -1.15. The number of benzene rings is 1. The van der Waals surface area contributed by atoms with Crippen molar-refractivity contribution >= 4 is 6.29 Å². The Morgan fingerprint density at radius 1 is 1.36 bits per heavy atom. The van der Waals surface area contributed by atoms with Gasteiger partial charge in [-0.25, -0.2) is 0 Å². The van der Waals surface area contributed by atoms with Crippen LogP contribution in [0.3, 0.4) is 0 Å². The summed E-state index contributed by atoms with van der Waals surface area (Å²) in [7, 11) is 0. The molecule has 74 valence electrons. The van der Waals surface area contributed by atoms with E-state index in [9.17, 15) is 4.79 Å². The van der Waals surface area contributed by atoms with Crippen LogP contribution in [0.1, 0.15) is 12.0 Å². The molecule has 1 fully saturated rings. The van der Waals surface area contributed by atoms with Gasteiger partial charge in [-0.3, -0.25) is 0 Å². The van der Waals surface area contributed by atoms with Crippen LogP contribution in [-0.4, -0.2) is 12.9 Å². The maximum Gasteiger partial charge on any atom is 0.123 e. The summed E-state index contributed by atoms with van der Waals surface area (Å²) in [5.41, 5.74) is 1.19. The lowest BCUT2D eigenvalue weighted by Gasteiger charge is -2.02. The molecule has 2 rings (SSSR count). The number of ether oxygens (including phenoxy) is 1. The Kier molecular flexibility index (Phi) is 2.94. The monoisotopic (exact) mass is 190 g/mol. The van der Waals surface area contributed by atoms with E-state index in [0.717, 1.165) is 19.3 Å². The second-order valence-electron chi connectivity index (χ2n) is 3.80. The van der Waals surface area contributed by atoms with Gasteiger partial charge in [-0.15, -0.1) is 0 Å². The van der Waals surface area contributed by atoms with Crippen molar-refractivity contribution < 1.29 is 9.53 Å². The van der Waals surface area contributed by atoms with Crippen molar-refractivity contribution in [3.8, 4) is 0 Å². The second kappa shape index (κ2) is 4.38. The van der Waals surface area contributed by atoms with Crippen LogP contribution in [0.4, 0.5) is 0 Å². The summed E-state index contributed by atoms with van der Waals surface area (Å²) in [6.07, 6.45) is 2.05. The third-order valence-electron chi connectivity index (χ3n) is 2.60. The van der Waals surface area contributed by atoms with Gasteiger partial charge in [0.15, 0.2) is 0 Å². The molecule has 2 nitrogen and oxygen atoms in total. The van der Waals surface area contributed by atoms with Crippen molar-refractivity contribution in [1.82, 2.24) is 0 Å². The molecule has 0 aromatic heterocycles. The first-order valence-corrected chi connectivity index (χ1v) is 4.97. The van der Waals surface area contributed by atoms with Crippen LogP contribution in [0, 0.1) is 11.8 Å². The molecule has 0 heterocycles. The minimum Gasteiger partial charge on any atom is -0.376 e. The molecule has 1 aliphatic carbocycles. The molecule has 1 aromatic carbocycles. The average Bonchev–Trinajstić information content (AvgIpc) is 2.98. The summed E-state index contributed by atoms with van der Waals surface area (Å²) >= 11 is 0. The molecule has 0 N–H and O–H groups in total. The lowest BCUT2D eigenvalue weighted by Crippen LogP contribution is -1.98. The van der Waals surface area contributed by atoms with E-state index in [4.69, 9.17) is 4.74 Å². The van der Waals surface area contributed by atoms with Gasteiger partial charge in [0, 0.05) is 5.92 Å². The summed E-state index contributed by atoms with van der Waals surface area (Å²) < 4.78 is 5.52. The van der Waals surface area contributed by atoms with Crippen molar-refractivity contribution in [1.29, 1.82) is 0 Å². The standard InChI is InChI=1S/C12H14O2/c13-7-11-6-12(11)9-14-8-10-4-2-1-3-5-10/h1-5,7,11-12H,6,8-9H2/t11-,12+/m1/s1. The van der Waals surface area contributed by atoms with E-state index in [-0.39, 0.29) is 5.92 Å². The lowest BCUT2D eigenvalue weighted by atomic mass is 10.2. The first-order chi connectivity index (χ1) is 6.90. The summed E-state index contributed by atoms with van der Waals surface area (Å²) in [4.78, 5) is 10.4. The summed E-state index contributed by atoms with van der Waals surface area (Å²) in [5.74, 6) is 0.752. The van der Waals surface area contributed by atoms with Gasteiger partial charge in [-0.1, -0.05) is 30.3 Å². The van der Waals surface area contributed by atoms with Gasteiger partial charge in [0.05, 0.1) is 13.2 Å². The fourth-order valence-corrected chi connectivity index (χ4v) is 1.53. The highest BCUT2D eigenvalue weighted by Gasteiger charge is 2.36. The largest absolute Gasteiger partial charge is 0.376 e. The van der Waals surface area contributed by atoms with Gasteiger partial charge in [-0.05, 0) is 17.9 Å². The molecule has 1 aromatic rings. The topological polar surface area (TPSA) is 26.3 Å². The normalized spacial score (nSPS) is 24.6. The second-order valence-corrected chi connectivity index (χ2v) is 3.80. The molecule has 1 aliphatic rings. The zero-order valence-electron chi connectivity index (χ0n) is 8.06. The number of carbonyl (C=O) groups excluding carboxylic acids is 1. The quantitative estimate of drug-likeness (QED) is 0.664. The van der Waals surface area contributed by atoms with Crippen molar-refractivity contribution in [3.05, 3.63) is 35.9 Å². The number of aldehydes is 1. The molecular weight excluding hydrogens is 176 g/mol. The molecule has 0 radical (unpaired) electrons. The SMILES string of the molecule is O=C[C@H]1C[C@H]1COCc1ccccc1. The van der Waals surface area contributed by atoms with Crippen LogP contribution < -0.4 is 0 Å². The number of hydrogen-bond donors (Lipinski definition) is 0. The molecule has 0 bridgehead atoms. The van der Waals surface area contributed by atoms with Crippen LogP contribution in [-0.2, 0) is 16.1 Å². The highest BCUT2D eigenvalue weighted by atomic mass is 16.5. The van der Waals surface area contributed by atoms with Gasteiger partial charge >= 0.3 is 0 Å². The molecule has 0 unspecified atom stereocenters. The zero-order valence-corrected chi connectivity index (χ0v) is 8.06. The molecule has 0 spiro atoms. The van der Waals surface area contributed by atoms with Crippen LogP contribution >= 0.6 is 0 Å². The van der Waals surface area contributed by atoms with E-state index in [0.29, 0.717) is 12.5 Å². The highest BCUT2D eigenvalue weighted by Crippen LogP contribution is 2.36. The van der Waals surface area contributed by atoms with E-state index < -0.39 is 0 Å². The molecule has 0 amide bonds. The average molecular weight is 190 g/mol. The summed E-state index contributed by atoms with van der Waals surface area (Å²) in [6, 6.07) is 10.1. The zero-order chi connectivity index (χ0) is 9.80. The molecule has 14 heavy (non-hydrogen) atoms. The highest BCUT2D eigenvalue weighted by molar-refractivity contribution is 5.58. The summed E-state index contributed by atoms with van der Waals surface area (Å²) in [5, 5.41) is 0. The van der Waals surface area contributed by atoms with Gasteiger partial charge < -0.3 is 9.53 Å². The van der Waals surface area contributed by atoms with Crippen LogP contribution in [0.15, 0.2) is 30.3 Å². The van der Waals surface area contributed by atoms with Crippen LogP contribution in [0.25, 0.3) is 0 Å². The minimum absolute atomic E-state index is 0.269. The number of hydrogen-bond acceptors (Lipinski definition) is 2. The van der Waals surface area contributed by atoms with Gasteiger partial charge in [0.25, 0.3) is 0 Å². The van der Waals surface area contributed by atoms with Crippen molar-refractivity contribution in [3.63, 3.8) is 0 Å². The molecular formula is C12H14O2. The predicted molar refractivity (Wildman–Crippen MR) is 53.8 cm³/mol. The van der Waals surface area contributed by atoms with Crippen LogP contribution in [0.2, 0.25) is 0 Å². The molecule has 1 saturated carbocycles. The maximum absolute atomic E-state index is 10.4. The van der Waals surface area contributed by atoms with Crippen molar-refractivity contribution in [2.24, 2.45) is 11.8 Å². The third-order valence-corrected chi connectivity index (χ3v) is 2.60. The first kappa shape index (κ1) is 9.41. The Morgan fingerprint density at radius 3 is 2.79 bits per heavy atom. The number of rotatable bonds is 5. The predicted octanol–water partition coefficient (Wildman–Crippen LogP) is 2.04. The molecule has 0 saturated heterocycles.